The fourth-order valence-electron chi connectivity index (χ4n) is 2.09. The predicted molar refractivity (Wildman–Crippen MR) is 93.7 cm³/mol. The molecule has 0 aliphatic rings. The van der Waals surface area contributed by atoms with Gasteiger partial charge in [-0.05, 0) is 35.7 Å². The van der Waals surface area contributed by atoms with Gasteiger partial charge in [-0.3, -0.25) is 9.78 Å². The number of carbonyl (C=O) groups excluding carboxylic acids is 1. The molecular formula is C17H19Cl2N3O. The average Bonchev–Trinajstić information content (AvgIpc) is 2.55. The van der Waals surface area contributed by atoms with Crippen LogP contribution >= 0.6 is 23.2 Å². The van der Waals surface area contributed by atoms with E-state index in [0.717, 1.165) is 11.1 Å². The summed E-state index contributed by atoms with van der Waals surface area (Å²) in [4.78, 5) is 15.8. The molecule has 1 amide bonds. The maximum absolute atomic E-state index is 11.8. The van der Waals surface area contributed by atoms with E-state index in [4.69, 9.17) is 23.2 Å². The number of hydrogen-bond acceptors (Lipinski definition) is 3. The number of nitrogens with zero attached hydrogens (tertiary/aromatic N) is 1. The monoisotopic (exact) mass is 351 g/mol. The van der Waals surface area contributed by atoms with Crippen LogP contribution in [0.5, 0.6) is 0 Å². The highest BCUT2D eigenvalue weighted by molar-refractivity contribution is 6.35. The molecule has 23 heavy (non-hydrogen) atoms. The lowest BCUT2D eigenvalue weighted by atomic mass is 10.1. The first-order valence-electron chi connectivity index (χ1n) is 7.45. The summed E-state index contributed by atoms with van der Waals surface area (Å²) in [5, 5.41) is 7.35. The summed E-state index contributed by atoms with van der Waals surface area (Å²) in [5.41, 5.74) is 2.08. The summed E-state index contributed by atoms with van der Waals surface area (Å²) >= 11 is 11.9. The Bertz CT molecular complexity index is 635. The number of halogens is 2. The van der Waals surface area contributed by atoms with Crippen LogP contribution in [0.25, 0.3) is 0 Å². The minimum Gasteiger partial charge on any atom is -0.356 e. The number of pyridine rings is 1. The third-order valence-electron chi connectivity index (χ3n) is 3.31. The van der Waals surface area contributed by atoms with Crippen LogP contribution in [0.15, 0.2) is 42.7 Å². The zero-order valence-electron chi connectivity index (χ0n) is 12.7. The zero-order valence-corrected chi connectivity index (χ0v) is 14.2. The number of carbonyl (C=O) groups is 1. The normalized spacial score (nSPS) is 10.5. The topological polar surface area (TPSA) is 54.0 Å². The number of amides is 1. The van der Waals surface area contributed by atoms with E-state index in [0.29, 0.717) is 42.5 Å². The van der Waals surface area contributed by atoms with Gasteiger partial charge >= 0.3 is 0 Å². The van der Waals surface area contributed by atoms with Crippen molar-refractivity contribution in [2.45, 2.75) is 19.4 Å². The van der Waals surface area contributed by atoms with Crippen LogP contribution in [0.1, 0.15) is 17.5 Å². The van der Waals surface area contributed by atoms with E-state index < -0.39 is 0 Å². The molecule has 2 aromatic rings. The number of rotatable bonds is 8. The smallest absolute Gasteiger partial charge is 0.221 e. The summed E-state index contributed by atoms with van der Waals surface area (Å²) in [6.07, 6.45) is 4.67. The lowest BCUT2D eigenvalue weighted by Gasteiger charge is -2.08. The molecule has 0 unspecified atom stereocenters. The van der Waals surface area contributed by atoms with Gasteiger partial charge in [0.2, 0.25) is 5.91 Å². The highest BCUT2D eigenvalue weighted by Crippen LogP contribution is 2.20. The van der Waals surface area contributed by atoms with Gasteiger partial charge in [0.1, 0.15) is 0 Å². The number of benzene rings is 1. The Morgan fingerprint density at radius 1 is 1.17 bits per heavy atom. The van der Waals surface area contributed by atoms with Crippen LogP contribution in [-0.2, 0) is 17.8 Å². The molecule has 0 aliphatic heterocycles. The van der Waals surface area contributed by atoms with E-state index in [1.165, 1.54) is 0 Å². The van der Waals surface area contributed by atoms with Crippen molar-refractivity contribution in [3.8, 4) is 0 Å². The molecule has 2 N–H and O–H groups in total. The van der Waals surface area contributed by atoms with Crippen molar-refractivity contribution in [1.29, 1.82) is 0 Å². The first-order chi connectivity index (χ1) is 11.1. The van der Waals surface area contributed by atoms with Crippen LogP contribution in [0.2, 0.25) is 10.0 Å². The van der Waals surface area contributed by atoms with Gasteiger partial charge in [-0.2, -0.15) is 0 Å². The van der Waals surface area contributed by atoms with Crippen molar-refractivity contribution in [2.24, 2.45) is 0 Å². The van der Waals surface area contributed by atoms with Gasteiger partial charge in [0.15, 0.2) is 0 Å². The highest BCUT2D eigenvalue weighted by atomic mass is 35.5. The molecule has 0 fully saturated rings. The average molecular weight is 352 g/mol. The van der Waals surface area contributed by atoms with Gasteiger partial charge in [0.05, 0.1) is 0 Å². The standard InChI is InChI=1S/C17H19Cl2N3O/c18-15-4-3-14(16(19)10-15)5-9-22-17(23)6-8-21-12-13-2-1-7-20-11-13/h1-4,7,10-11,21H,5-6,8-9,12H2,(H,22,23). The number of aromatic nitrogens is 1. The molecular weight excluding hydrogens is 333 g/mol. The fourth-order valence-corrected chi connectivity index (χ4v) is 2.59. The van der Waals surface area contributed by atoms with Gasteiger partial charge in [-0.15, -0.1) is 0 Å². The van der Waals surface area contributed by atoms with Crippen LogP contribution in [0.3, 0.4) is 0 Å². The maximum atomic E-state index is 11.8. The van der Waals surface area contributed by atoms with Crippen molar-refractivity contribution < 1.29 is 4.79 Å². The Kier molecular flexibility index (Phi) is 7.33. The molecule has 0 atom stereocenters. The molecule has 1 heterocycles. The Hall–Kier alpha value is -1.62. The maximum Gasteiger partial charge on any atom is 0.221 e. The first kappa shape index (κ1) is 17.7. The summed E-state index contributed by atoms with van der Waals surface area (Å²) in [5.74, 6) is 0.0220. The van der Waals surface area contributed by atoms with E-state index in [1.807, 2.05) is 24.4 Å². The Morgan fingerprint density at radius 3 is 2.78 bits per heavy atom. The molecule has 0 spiro atoms. The Balaban J connectivity index is 1.60. The van der Waals surface area contributed by atoms with Gasteiger partial charge in [-0.1, -0.05) is 35.3 Å². The van der Waals surface area contributed by atoms with Crippen molar-refractivity contribution in [3.05, 3.63) is 63.9 Å². The summed E-state index contributed by atoms with van der Waals surface area (Å²) in [6, 6.07) is 9.28. The molecule has 0 radical (unpaired) electrons. The van der Waals surface area contributed by atoms with Crippen molar-refractivity contribution in [3.63, 3.8) is 0 Å². The second kappa shape index (κ2) is 9.50. The summed E-state index contributed by atoms with van der Waals surface area (Å²) in [7, 11) is 0. The van der Waals surface area contributed by atoms with Crippen LogP contribution in [-0.4, -0.2) is 24.0 Å². The molecule has 0 saturated heterocycles. The predicted octanol–water partition coefficient (Wildman–Crippen LogP) is 3.23. The number of nitrogens with one attached hydrogen (secondary N) is 2. The van der Waals surface area contributed by atoms with Crippen LogP contribution in [0.4, 0.5) is 0 Å². The molecule has 1 aromatic heterocycles. The van der Waals surface area contributed by atoms with E-state index in [1.54, 1.807) is 18.3 Å². The molecule has 1 aromatic carbocycles. The molecule has 6 heteroatoms. The first-order valence-corrected chi connectivity index (χ1v) is 8.21. The molecule has 4 nitrogen and oxygen atoms in total. The zero-order chi connectivity index (χ0) is 16.5. The van der Waals surface area contributed by atoms with Crippen LogP contribution in [0, 0.1) is 0 Å². The second-order valence-electron chi connectivity index (χ2n) is 5.12. The van der Waals surface area contributed by atoms with Crippen molar-refractivity contribution in [2.75, 3.05) is 13.1 Å². The van der Waals surface area contributed by atoms with Gasteiger partial charge < -0.3 is 10.6 Å². The summed E-state index contributed by atoms with van der Waals surface area (Å²) in [6.45, 7) is 1.90. The second-order valence-corrected chi connectivity index (χ2v) is 5.97. The van der Waals surface area contributed by atoms with Crippen LogP contribution < -0.4 is 10.6 Å². The van der Waals surface area contributed by atoms with E-state index in [2.05, 4.69) is 15.6 Å². The Morgan fingerprint density at radius 2 is 2.04 bits per heavy atom. The highest BCUT2D eigenvalue weighted by Gasteiger charge is 2.04. The molecule has 0 saturated carbocycles. The molecule has 0 aliphatic carbocycles. The molecule has 122 valence electrons. The SMILES string of the molecule is O=C(CCNCc1cccnc1)NCCc1ccc(Cl)cc1Cl. The molecule has 0 bridgehead atoms. The minimum absolute atomic E-state index is 0.0220. The van der Waals surface area contributed by atoms with E-state index in [-0.39, 0.29) is 5.91 Å². The number of hydrogen-bond donors (Lipinski definition) is 2. The lowest BCUT2D eigenvalue weighted by molar-refractivity contribution is -0.120. The minimum atomic E-state index is 0.0220. The molecule has 2 rings (SSSR count). The summed E-state index contributed by atoms with van der Waals surface area (Å²) < 4.78 is 0. The van der Waals surface area contributed by atoms with Crippen molar-refractivity contribution >= 4 is 29.1 Å². The third-order valence-corrected chi connectivity index (χ3v) is 3.90. The van der Waals surface area contributed by atoms with Crippen molar-refractivity contribution in [1.82, 2.24) is 15.6 Å². The largest absolute Gasteiger partial charge is 0.356 e. The Labute approximate surface area is 146 Å². The van der Waals surface area contributed by atoms with Gasteiger partial charge in [-0.25, -0.2) is 0 Å². The quantitative estimate of drug-likeness (QED) is 0.718. The fraction of sp³-hybridized carbons (Fsp3) is 0.294. The van der Waals surface area contributed by atoms with Gasteiger partial charge in [0, 0.05) is 48.5 Å². The van der Waals surface area contributed by atoms with E-state index >= 15 is 0 Å². The van der Waals surface area contributed by atoms with Gasteiger partial charge in [0.25, 0.3) is 0 Å². The van der Waals surface area contributed by atoms with E-state index in [9.17, 15) is 4.79 Å². The lowest BCUT2D eigenvalue weighted by Crippen LogP contribution is -2.29. The third kappa shape index (κ3) is 6.57.